The number of aliphatic hydroxyl groups excluding tert-OH is 2. The van der Waals surface area contributed by atoms with Crippen LogP contribution in [0.15, 0.2) is 24.3 Å². The van der Waals surface area contributed by atoms with Crippen molar-refractivity contribution in [2.75, 3.05) is 6.61 Å². The summed E-state index contributed by atoms with van der Waals surface area (Å²) < 4.78 is 0. The van der Waals surface area contributed by atoms with Crippen molar-refractivity contribution in [1.82, 2.24) is 5.32 Å². The number of allylic oxidation sites excluding steroid dienone is 3. The van der Waals surface area contributed by atoms with E-state index in [2.05, 4.69) is 31.3 Å². The number of amides is 1. The normalized spacial score (nSPS) is 13.9. The molecule has 0 bridgehead atoms. The van der Waals surface area contributed by atoms with Crippen LogP contribution in [0.5, 0.6) is 0 Å². The van der Waals surface area contributed by atoms with Gasteiger partial charge in [0, 0.05) is 6.42 Å². The minimum absolute atomic E-state index is 0.0964. The Hall–Kier alpha value is -1.13. The number of carbonyl (C=O) groups excluding carboxylic acids is 1. The van der Waals surface area contributed by atoms with E-state index in [0.717, 1.165) is 44.9 Å². The van der Waals surface area contributed by atoms with Crippen LogP contribution in [0.3, 0.4) is 0 Å². The lowest BCUT2D eigenvalue weighted by molar-refractivity contribution is -0.123. The number of nitrogens with one attached hydrogen (secondary N) is 1. The third-order valence-electron chi connectivity index (χ3n) is 5.19. The molecular weight excluding hydrogens is 362 g/mol. The minimum atomic E-state index is -0.851. The van der Waals surface area contributed by atoms with Gasteiger partial charge in [-0.2, -0.15) is 0 Å². The van der Waals surface area contributed by atoms with Gasteiger partial charge in [-0.3, -0.25) is 4.79 Å². The first kappa shape index (κ1) is 27.9. The Morgan fingerprint density at radius 3 is 2.00 bits per heavy atom. The van der Waals surface area contributed by atoms with Crippen molar-refractivity contribution in [3.8, 4) is 0 Å². The summed E-state index contributed by atoms with van der Waals surface area (Å²) in [7, 11) is 0. The van der Waals surface area contributed by atoms with Gasteiger partial charge in [-0.25, -0.2) is 0 Å². The second kappa shape index (κ2) is 21.6. The number of hydrogen-bond acceptors (Lipinski definition) is 3. The summed E-state index contributed by atoms with van der Waals surface area (Å²) in [5, 5.41) is 22.3. The number of hydrogen-bond donors (Lipinski definition) is 3. The number of aliphatic hydroxyl groups is 2. The second-order valence-corrected chi connectivity index (χ2v) is 8.04. The van der Waals surface area contributed by atoms with Crippen LogP contribution in [0.4, 0.5) is 0 Å². The summed E-state index contributed by atoms with van der Waals surface area (Å²) in [5.74, 6) is -0.0964. The summed E-state index contributed by atoms with van der Waals surface area (Å²) in [5.41, 5.74) is 0. The first-order chi connectivity index (χ1) is 14.2. The highest BCUT2D eigenvalue weighted by Gasteiger charge is 2.17. The Labute approximate surface area is 179 Å². The first-order valence-corrected chi connectivity index (χ1v) is 12.1. The number of unbranched alkanes of at least 4 members (excludes halogenated alkanes) is 11. The van der Waals surface area contributed by atoms with Crippen LogP contribution < -0.4 is 5.32 Å². The third-order valence-corrected chi connectivity index (χ3v) is 5.19. The van der Waals surface area contributed by atoms with Crippen molar-refractivity contribution in [2.45, 2.75) is 122 Å². The molecular formula is C25H47NO3. The smallest absolute Gasteiger partial charge is 0.220 e. The van der Waals surface area contributed by atoms with E-state index in [1.807, 2.05) is 6.08 Å². The van der Waals surface area contributed by atoms with Crippen LogP contribution >= 0.6 is 0 Å². The molecule has 0 aromatic carbocycles. The number of carbonyl (C=O) groups is 1. The molecule has 4 heteroatoms. The van der Waals surface area contributed by atoms with Crippen LogP contribution in [0.25, 0.3) is 0 Å². The van der Waals surface area contributed by atoms with Gasteiger partial charge in [0.25, 0.3) is 0 Å². The van der Waals surface area contributed by atoms with Gasteiger partial charge < -0.3 is 15.5 Å². The maximum Gasteiger partial charge on any atom is 0.220 e. The third kappa shape index (κ3) is 18.6. The minimum Gasteiger partial charge on any atom is -0.394 e. The fourth-order valence-corrected chi connectivity index (χ4v) is 3.25. The molecule has 2 atom stereocenters. The Balaban J connectivity index is 3.79. The van der Waals surface area contributed by atoms with Crippen LogP contribution in [0.1, 0.15) is 110 Å². The molecule has 0 aliphatic carbocycles. The molecule has 3 N–H and O–H groups in total. The molecule has 0 rings (SSSR count). The average Bonchev–Trinajstić information content (AvgIpc) is 2.72. The highest BCUT2D eigenvalue weighted by atomic mass is 16.3. The molecule has 0 radical (unpaired) electrons. The van der Waals surface area contributed by atoms with Gasteiger partial charge in [0.2, 0.25) is 5.91 Å². The van der Waals surface area contributed by atoms with E-state index in [4.69, 9.17) is 0 Å². The largest absolute Gasteiger partial charge is 0.394 e. The van der Waals surface area contributed by atoms with Gasteiger partial charge in [0.15, 0.2) is 0 Å². The second-order valence-electron chi connectivity index (χ2n) is 8.04. The first-order valence-electron chi connectivity index (χ1n) is 12.1. The monoisotopic (exact) mass is 409 g/mol. The quantitative estimate of drug-likeness (QED) is 0.175. The van der Waals surface area contributed by atoms with E-state index in [-0.39, 0.29) is 12.5 Å². The Bertz CT molecular complexity index is 420. The Morgan fingerprint density at radius 1 is 0.793 bits per heavy atom. The lowest BCUT2D eigenvalue weighted by atomic mass is 10.1. The van der Waals surface area contributed by atoms with E-state index in [9.17, 15) is 15.0 Å². The zero-order valence-corrected chi connectivity index (χ0v) is 19.1. The highest BCUT2D eigenvalue weighted by Crippen LogP contribution is 2.09. The van der Waals surface area contributed by atoms with Crippen molar-refractivity contribution in [3.05, 3.63) is 24.3 Å². The predicted octanol–water partition coefficient (Wildman–Crippen LogP) is 5.83. The van der Waals surface area contributed by atoms with E-state index < -0.39 is 12.1 Å². The lowest BCUT2D eigenvalue weighted by Gasteiger charge is -2.19. The molecule has 0 heterocycles. The maximum atomic E-state index is 11.9. The molecule has 0 fully saturated rings. The molecule has 170 valence electrons. The fourth-order valence-electron chi connectivity index (χ4n) is 3.25. The van der Waals surface area contributed by atoms with Gasteiger partial charge in [-0.15, -0.1) is 0 Å². The topological polar surface area (TPSA) is 69.6 Å². The maximum absolute atomic E-state index is 11.9. The van der Waals surface area contributed by atoms with Crippen molar-refractivity contribution in [3.63, 3.8) is 0 Å². The van der Waals surface area contributed by atoms with Crippen molar-refractivity contribution in [2.24, 2.45) is 0 Å². The summed E-state index contributed by atoms with van der Waals surface area (Å²) in [6.07, 6.45) is 24.2. The van der Waals surface area contributed by atoms with E-state index in [0.29, 0.717) is 6.42 Å². The summed E-state index contributed by atoms with van der Waals surface area (Å²) in [6, 6.07) is -0.627. The van der Waals surface area contributed by atoms with Gasteiger partial charge in [0.1, 0.15) is 0 Å². The van der Waals surface area contributed by atoms with Gasteiger partial charge >= 0.3 is 0 Å². The number of rotatable bonds is 20. The van der Waals surface area contributed by atoms with Crippen LogP contribution in [-0.2, 0) is 4.79 Å². The molecule has 4 nitrogen and oxygen atoms in total. The van der Waals surface area contributed by atoms with Crippen molar-refractivity contribution < 1.29 is 15.0 Å². The van der Waals surface area contributed by atoms with Crippen LogP contribution in [0, 0.1) is 0 Å². The molecule has 0 saturated heterocycles. The van der Waals surface area contributed by atoms with Gasteiger partial charge in [0.05, 0.1) is 18.8 Å². The Kier molecular flexibility index (Phi) is 20.7. The molecule has 0 spiro atoms. The average molecular weight is 410 g/mol. The van der Waals surface area contributed by atoms with Crippen molar-refractivity contribution >= 4 is 5.91 Å². The zero-order valence-electron chi connectivity index (χ0n) is 19.1. The molecule has 2 unspecified atom stereocenters. The summed E-state index contributed by atoms with van der Waals surface area (Å²) >= 11 is 0. The summed E-state index contributed by atoms with van der Waals surface area (Å²) in [6.45, 7) is 4.13. The van der Waals surface area contributed by atoms with Crippen LogP contribution in [0.2, 0.25) is 0 Å². The molecule has 29 heavy (non-hydrogen) atoms. The van der Waals surface area contributed by atoms with E-state index in [1.165, 1.54) is 44.9 Å². The zero-order chi connectivity index (χ0) is 21.6. The van der Waals surface area contributed by atoms with Crippen LogP contribution in [-0.4, -0.2) is 34.9 Å². The molecule has 0 saturated carbocycles. The molecule has 0 aromatic rings. The van der Waals surface area contributed by atoms with E-state index in [1.54, 1.807) is 6.08 Å². The molecule has 1 amide bonds. The Morgan fingerprint density at radius 2 is 1.34 bits per heavy atom. The molecule has 0 aliphatic heterocycles. The summed E-state index contributed by atoms with van der Waals surface area (Å²) in [4.78, 5) is 11.9. The van der Waals surface area contributed by atoms with Gasteiger partial charge in [-0.1, -0.05) is 95.9 Å². The van der Waals surface area contributed by atoms with Crippen molar-refractivity contribution in [1.29, 1.82) is 0 Å². The fraction of sp³-hybridized carbons (Fsp3) is 0.800. The highest BCUT2D eigenvalue weighted by molar-refractivity contribution is 5.76. The lowest BCUT2D eigenvalue weighted by Crippen LogP contribution is -2.45. The predicted molar refractivity (Wildman–Crippen MR) is 124 cm³/mol. The van der Waals surface area contributed by atoms with Gasteiger partial charge in [-0.05, 0) is 32.1 Å². The SMILES string of the molecule is CCCCCCCCC/C=C/CC/C=C/C(O)C(CO)NC(=O)CCCCCC. The van der Waals surface area contributed by atoms with E-state index >= 15 is 0 Å². The molecule has 0 aromatic heterocycles. The standard InChI is InChI=1S/C25H47NO3/c1-3-5-7-9-10-11-12-13-14-15-16-17-18-20-24(28)23(22-27)26-25(29)21-19-8-6-4-2/h14-15,18,20,23-24,27-28H,3-13,16-17,19,21-22H2,1-2H3,(H,26,29)/b15-14+,20-18+. The molecule has 0 aliphatic rings.